The first kappa shape index (κ1) is 19.3. The van der Waals surface area contributed by atoms with E-state index in [2.05, 4.69) is 0 Å². The molecule has 1 heterocycles. The summed E-state index contributed by atoms with van der Waals surface area (Å²) in [7, 11) is 0. The van der Waals surface area contributed by atoms with Crippen molar-refractivity contribution < 1.29 is 23.8 Å². The van der Waals surface area contributed by atoms with E-state index < -0.39 is 12.1 Å². The molecule has 1 aliphatic heterocycles. The smallest absolute Gasteiger partial charge is 0.347 e. The summed E-state index contributed by atoms with van der Waals surface area (Å²) in [6.07, 6.45) is 0.783. The summed E-state index contributed by atoms with van der Waals surface area (Å²) in [5.74, 6) is 0.163. The monoisotopic (exact) mass is 406 g/mol. The van der Waals surface area contributed by atoms with Gasteiger partial charge in [-0.3, -0.25) is 4.79 Å². The van der Waals surface area contributed by atoms with Crippen LogP contribution >= 0.6 is 23.2 Å². The Morgan fingerprint density at radius 2 is 2.00 bits per heavy atom. The third-order valence-corrected chi connectivity index (χ3v) is 4.38. The number of carbonyl (C=O) groups is 2. The number of hydrogen-bond acceptors (Lipinski definition) is 5. The maximum atomic E-state index is 12.5. The average molecular weight is 407 g/mol. The van der Waals surface area contributed by atoms with Crippen molar-refractivity contribution in [3.8, 4) is 11.5 Å². The zero-order valence-electron chi connectivity index (χ0n) is 14.6. The van der Waals surface area contributed by atoms with E-state index in [-0.39, 0.29) is 18.1 Å². The predicted octanol–water partition coefficient (Wildman–Crippen LogP) is 4.94. The van der Waals surface area contributed by atoms with Crippen molar-refractivity contribution in [3.05, 3.63) is 63.3 Å². The van der Waals surface area contributed by atoms with E-state index in [0.717, 1.165) is 0 Å². The van der Waals surface area contributed by atoms with Gasteiger partial charge in [-0.05, 0) is 49.8 Å². The maximum Gasteiger partial charge on any atom is 0.347 e. The fourth-order valence-electron chi connectivity index (χ4n) is 2.51. The maximum absolute atomic E-state index is 12.5. The van der Waals surface area contributed by atoms with Gasteiger partial charge >= 0.3 is 5.97 Å². The normalized spacial score (nSPS) is 15.3. The Balaban J connectivity index is 1.81. The van der Waals surface area contributed by atoms with Crippen molar-refractivity contribution >= 4 is 41.0 Å². The molecule has 2 aromatic rings. The molecule has 0 spiro atoms. The van der Waals surface area contributed by atoms with Gasteiger partial charge in [-0.1, -0.05) is 29.3 Å². The van der Waals surface area contributed by atoms with Crippen LogP contribution in [0.2, 0.25) is 10.0 Å². The largest absolute Gasteiger partial charge is 0.479 e. The number of carbonyl (C=O) groups excluding carboxylic acids is 2. The third kappa shape index (κ3) is 4.26. The predicted molar refractivity (Wildman–Crippen MR) is 103 cm³/mol. The average Bonchev–Trinajstić information content (AvgIpc) is 2.93. The topological polar surface area (TPSA) is 61.8 Å². The Hall–Kier alpha value is -2.50. The van der Waals surface area contributed by atoms with Crippen LogP contribution in [-0.2, 0) is 9.53 Å². The van der Waals surface area contributed by atoms with Gasteiger partial charge in [-0.15, -0.1) is 0 Å². The zero-order chi connectivity index (χ0) is 19.6. The standard InChI is InChI=1S/C20H16Cl2O5/c1-3-25-20(24)11(2)26-14-6-7-15-17(10-14)27-18(19(15)23)8-12-4-5-13(21)9-16(12)22/h4-11H,3H2,1-2H3/b18-8-/t11-/m1/s1. The van der Waals surface area contributed by atoms with Crippen molar-refractivity contribution in [3.63, 3.8) is 0 Å². The number of halogens is 2. The van der Waals surface area contributed by atoms with Crippen molar-refractivity contribution in [2.45, 2.75) is 20.0 Å². The number of fused-ring (bicyclic) bond motifs is 1. The molecule has 0 aromatic heterocycles. The lowest BCUT2D eigenvalue weighted by atomic mass is 10.1. The minimum atomic E-state index is -0.775. The highest BCUT2D eigenvalue weighted by molar-refractivity contribution is 6.35. The Bertz CT molecular complexity index is 936. The van der Waals surface area contributed by atoms with Crippen LogP contribution in [-0.4, -0.2) is 24.5 Å². The lowest BCUT2D eigenvalue weighted by molar-refractivity contribution is -0.150. The van der Waals surface area contributed by atoms with Gasteiger partial charge in [0.2, 0.25) is 5.78 Å². The Labute approximate surface area is 166 Å². The van der Waals surface area contributed by atoms with Crippen molar-refractivity contribution in [2.24, 2.45) is 0 Å². The van der Waals surface area contributed by atoms with Gasteiger partial charge in [0.25, 0.3) is 0 Å². The number of ketones is 1. The molecule has 27 heavy (non-hydrogen) atoms. The highest BCUT2D eigenvalue weighted by Gasteiger charge is 2.28. The number of esters is 1. The molecule has 0 bridgehead atoms. The molecule has 140 valence electrons. The molecule has 5 nitrogen and oxygen atoms in total. The second kappa shape index (κ2) is 8.03. The molecule has 2 aromatic carbocycles. The quantitative estimate of drug-likeness (QED) is 0.519. The van der Waals surface area contributed by atoms with E-state index in [1.807, 2.05) is 0 Å². The lowest BCUT2D eigenvalue weighted by Gasteiger charge is -2.13. The molecular weight excluding hydrogens is 391 g/mol. The van der Waals surface area contributed by atoms with Crippen molar-refractivity contribution in [2.75, 3.05) is 6.61 Å². The highest BCUT2D eigenvalue weighted by Crippen LogP contribution is 2.36. The molecule has 1 aliphatic rings. The molecule has 0 unspecified atom stereocenters. The van der Waals surface area contributed by atoms with Crippen LogP contribution in [0.4, 0.5) is 0 Å². The van der Waals surface area contributed by atoms with E-state index in [0.29, 0.717) is 32.7 Å². The number of Topliss-reactive ketones (excluding diaryl/α,β-unsaturated/α-hetero) is 1. The van der Waals surface area contributed by atoms with Crippen LogP contribution < -0.4 is 9.47 Å². The van der Waals surface area contributed by atoms with Gasteiger partial charge in [0.15, 0.2) is 11.9 Å². The van der Waals surface area contributed by atoms with E-state index >= 15 is 0 Å². The Kier molecular flexibility index (Phi) is 5.73. The first-order chi connectivity index (χ1) is 12.9. The van der Waals surface area contributed by atoms with E-state index in [1.54, 1.807) is 56.3 Å². The Morgan fingerprint density at radius 3 is 2.70 bits per heavy atom. The van der Waals surface area contributed by atoms with Crippen LogP contribution in [0.3, 0.4) is 0 Å². The molecular formula is C20H16Cl2O5. The summed E-state index contributed by atoms with van der Waals surface area (Å²) in [4.78, 5) is 24.2. The molecule has 0 N–H and O–H groups in total. The van der Waals surface area contributed by atoms with Gasteiger partial charge in [0, 0.05) is 16.1 Å². The summed E-state index contributed by atoms with van der Waals surface area (Å²) in [6, 6.07) is 9.73. The van der Waals surface area contributed by atoms with E-state index in [9.17, 15) is 9.59 Å². The van der Waals surface area contributed by atoms with Crippen molar-refractivity contribution in [1.29, 1.82) is 0 Å². The minimum absolute atomic E-state index is 0.143. The number of allylic oxidation sites excluding steroid dienone is 1. The molecule has 0 amide bonds. The molecule has 0 saturated carbocycles. The second-order valence-electron chi connectivity index (χ2n) is 5.78. The number of ether oxygens (including phenoxy) is 3. The van der Waals surface area contributed by atoms with Gasteiger partial charge in [0.1, 0.15) is 11.5 Å². The van der Waals surface area contributed by atoms with Gasteiger partial charge in [-0.25, -0.2) is 4.79 Å². The molecule has 0 aliphatic carbocycles. The summed E-state index contributed by atoms with van der Waals surface area (Å²) in [5.41, 5.74) is 1.02. The number of hydrogen-bond donors (Lipinski definition) is 0. The SMILES string of the molecule is CCOC(=O)[C@@H](C)Oc1ccc2c(c1)O/C(=C\c1ccc(Cl)cc1Cl)C2=O. The lowest BCUT2D eigenvalue weighted by Crippen LogP contribution is -2.26. The molecule has 3 rings (SSSR count). The van der Waals surface area contributed by atoms with E-state index in [1.165, 1.54) is 0 Å². The molecule has 0 saturated heterocycles. The zero-order valence-corrected chi connectivity index (χ0v) is 16.1. The van der Waals surface area contributed by atoms with Crippen LogP contribution in [0.25, 0.3) is 6.08 Å². The number of rotatable bonds is 5. The second-order valence-corrected chi connectivity index (χ2v) is 6.62. The fourth-order valence-corrected chi connectivity index (χ4v) is 2.98. The van der Waals surface area contributed by atoms with E-state index in [4.69, 9.17) is 37.4 Å². The number of benzene rings is 2. The highest BCUT2D eigenvalue weighted by atomic mass is 35.5. The fraction of sp³-hybridized carbons (Fsp3) is 0.200. The van der Waals surface area contributed by atoms with Crippen molar-refractivity contribution in [1.82, 2.24) is 0 Å². The third-order valence-electron chi connectivity index (χ3n) is 3.82. The summed E-state index contributed by atoms with van der Waals surface area (Å²) < 4.78 is 16.1. The van der Waals surface area contributed by atoms with Gasteiger partial charge < -0.3 is 14.2 Å². The molecule has 0 radical (unpaired) electrons. The minimum Gasteiger partial charge on any atom is -0.479 e. The van der Waals surface area contributed by atoms with Crippen LogP contribution in [0.1, 0.15) is 29.8 Å². The van der Waals surface area contributed by atoms with Gasteiger partial charge in [-0.2, -0.15) is 0 Å². The molecule has 0 fully saturated rings. The first-order valence-corrected chi connectivity index (χ1v) is 9.01. The van der Waals surface area contributed by atoms with Gasteiger partial charge in [0.05, 0.1) is 12.2 Å². The summed E-state index contributed by atoms with van der Waals surface area (Å²) in [5, 5.41) is 0.913. The Morgan fingerprint density at radius 1 is 1.22 bits per heavy atom. The summed E-state index contributed by atoms with van der Waals surface area (Å²) >= 11 is 12.0. The first-order valence-electron chi connectivity index (χ1n) is 8.25. The van der Waals surface area contributed by atoms with Crippen LogP contribution in [0.15, 0.2) is 42.2 Å². The van der Waals surface area contributed by atoms with Crippen LogP contribution in [0, 0.1) is 0 Å². The molecule has 7 heteroatoms. The van der Waals surface area contributed by atoms with Crippen LogP contribution in [0.5, 0.6) is 11.5 Å². The molecule has 1 atom stereocenters. The summed E-state index contributed by atoms with van der Waals surface area (Å²) in [6.45, 7) is 3.58.